The summed E-state index contributed by atoms with van der Waals surface area (Å²) < 4.78 is 1.63. The largest absolute Gasteiger partial charge is 0.355 e. The van der Waals surface area contributed by atoms with E-state index in [0.29, 0.717) is 22.1 Å². The summed E-state index contributed by atoms with van der Waals surface area (Å²) in [5.41, 5.74) is 1.07. The molecule has 2 aromatic heterocycles. The molecule has 1 saturated heterocycles. The predicted octanol–water partition coefficient (Wildman–Crippen LogP) is 2.33. The van der Waals surface area contributed by atoms with Crippen LogP contribution in [0.1, 0.15) is 28.8 Å². The topological polar surface area (TPSA) is 78.1 Å². The van der Waals surface area contributed by atoms with Crippen molar-refractivity contribution in [2.45, 2.75) is 12.8 Å². The Morgan fingerprint density at radius 3 is 2.73 bits per heavy atom. The van der Waals surface area contributed by atoms with Crippen LogP contribution in [-0.2, 0) is 7.05 Å². The Labute approximate surface area is 157 Å². The summed E-state index contributed by atoms with van der Waals surface area (Å²) in [4.78, 5) is 20.7. The summed E-state index contributed by atoms with van der Waals surface area (Å²) in [6.07, 6.45) is 6.80. The molecule has 26 heavy (non-hydrogen) atoms. The van der Waals surface area contributed by atoms with Gasteiger partial charge < -0.3 is 9.80 Å². The van der Waals surface area contributed by atoms with E-state index in [0.717, 1.165) is 38.3 Å². The van der Waals surface area contributed by atoms with Gasteiger partial charge in [0.1, 0.15) is 11.9 Å². The quantitative estimate of drug-likeness (QED) is 0.823. The van der Waals surface area contributed by atoms with Gasteiger partial charge in [0.25, 0.3) is 5.91 Å². The maximum Gasteiger partial charge on any atom is 0.256 e. The standard InChI is InChI=1S/C18H21ClN6O/c1-23(18(26)15-10-22-24(2)12-15)11-13-3-5-25(6-4-13)17-16(19)7-14(8-20)9-21-17/h7,9-10,12-13H,3-6,11H2,1-2H3. The first kappa shape index (κ1) is 18.2. The first-order chi connectivity index (χ1) is 12.5. The Balaban J connectivity index is 1.55. The minimum Gasteiger partial charge on any atom is -0.355 e. The van der Waals surface area contributed by atoms with Crippen LogP contribution in [0.25, 0.3) is 0 Å². The van der Waals surface area contributed by atoms with Crippen molar-refractivity contribution in [1.82, 2.24) is 19.7 Å². The Morgan fingerprint density at radius 1 is 1.42 bits per heavy atom. The molecule has 3 rings (SSSR count). The summed E-state index contributed by atoms with van der Waals surface area (Å²) in [6.45, 7) is 2.38. The zero-order chi connectivity index (χ0) is 18.7. The van der Waals surface area contributed by atoms with Gasteiger partial charge in [-0.1, -0.05) is 11.6 Å². The molecule has 0 bridgehead atoms. The fourth-order valence-electron chi connectivity index (χ4n) is 3.27. The molecular formula is C18H21ClN6O. The first-order valence-electron chi connectivity index (χ1n) is 8.52. The number of halogens is 1. The molecule has 3 heterocycles. The zero-order valence-electron chi connectivity index (χ0n) is 14.9. The second-order valence-corrected chi connectivity index (χ2v) is 7.07. The molecule has 2 aromatic rings. The van der Waals surface area contributed by atoms with Crippen molar-refractivity contribution < 1.29 is 4.79 Å². The molecule has 0 saturated carbocycles. The van der Waals surface area contributed by atoms with Crippen LogP contribution >= 0.6 is 11.6 Å². The fourth-order valence-corrected chi connectivity index (χ4v) is 3.56. The molecule has 7 nitrogen and oxygen atoms in total. The Bertz CT molecular complexity index is 834. The SMILES string of the molecule is CN(CC1CCN(c2ncc(C#N)cc2Cl)CC1)C(=O)c1cnn(C)c1. The third-order valence-corrected chi connectivity index (χ3v) is 4.97. The zero-order valence-corrected chi connectivity index (χ0v) is 15.6. The van der Waals surface area contributed by atoms with Gasteiger partial charge in [0.05, 0.1) is 22.3 Å². The lowest BCUT2D eigenvalue weighted by Crippen LogP contribution is -2.39. The molecule has 0 spiro atoms. The van der Waals surface area contributed by atoms with Crippen LogP contribution in [0.15, 0.2) is 24.7 Å². The Kier molecular flexibility index (Phi) is 5.43. The number of nitrogens with zero attached hydrogens (tertiary/aromatic N) is 6. The molecule has 0 aliphatic carbocycles. The number of hydrogen-bond acceptors (Lipinski definition) is 5. The number of carbonyl (C=O) groups is 1. The first-order valence-corrected chi connectivity index (χ1v) is 8.90. The Morgan fingerprint density at radius 2 is 2.15 bits per heavy atom. The summed E-state index contributed by atoms with van der Waals surface area (Å²) in [5.74, 6) is 1.16. The van der Waals surface area contributed by atoms with Gasteiger partial charge in [-0.2, -0.15) is 10.4 Å². The lowest BCUT2D eigenvalue weighted by Gasteiger charge is -2.34. The van der Waals surface area contributed by atoms with Gasteiger partial charge in [-0.15, -0.1) is 0 Å². The monoisotopic (exact) mass is 372 g/mol. The summed E-state index contributed by atoms with van der Waals surface area (Å²) >= 11 is 6.26. The van der Waals surface area contributed by atoms with E-state index in [2.05, 4.69) is 15.0 Å². The molecule has 0 radical (unpaired) electrons. The van der Waals surface area contributed by atoms with Crippen LogP contribution in [0.4, 0.5) is 5.82 Å². The lowest BCUT2D eigenvalue weighted by atomic mass is 9.96. The van der Waals surface area contributed by atoms with E-state index in [1.54, 1.807) is 41.3 Å². The minimum atomic E-state index is -0.00247. The van der Waals surface area contributed by atoms with Gasteiger partial charge in [0, 0.05) is 46.1 Å². The number of hydrogen-bond donors (Lipinski definition) is 0. The average molecular weight is 373 g/mol. The normalized spacial score (nSPS) is 14.9. The fraction of sp³-hybridized carbons (Fsp3) is 0.444. The van der Waals surface area contributed by atoms with Crippen LogP contribution in [0.2, 0.25) is 5.02 Å². The number of aromatic nitrogens is 3. The van der Waals surface area contributed by atoms with E-state index in [9.17, 15) is 4.79 Å². The molecule has 0 N–H and O–H groups in total. The predicted molar refractivity (Wildman–Crippen MR) is 99.1 cm³/mol. The maximum absolute atomic E-state index is 12.4. The van der Waals surface area contributed by atoms with Crippen molar-refractivity contribution in [1.29, 1.82) is 5.26 Å². The van der Waals surface area contributed by atoms with Gasteiger partial charge in [-0.05, 0) is 24.8 Å². The van der Waals surface area contributed by atoms with Gasteiger partial charge in [0.2, 0.25) is 0 Å². The second kappa shape index (κ2) is 7.75. The highest BCUT2D eigenvalue weighted by Gasteiger charge is 2.24. The molecule has 1 aliphatic heterocycles. The Hall–Kier alpha value is -2.59. The van der Waals surface area contributed by atoms with Crippen molar-refractivity contribution in [3.8, 4) is 6.07 Å². The van der Waals surface area contributed by atoms with Crippen LogP contribution in [-0.4, -0.2) is 52.3 Å². The summed E-state index contributed by atoms with van der Waals surface area (Å²) in [7, 11) is 3.63. The number of aryl methyl sites for hydroxylation is 1. The summed E-state index contributed by atoms with van der Waals surface area (Å²) in [6, 6.07) is 3.69. The molecule has 0 unspecified atom stereocenters. The van der Waals surface area contributed by atoms with Crippen molar-refractivity contribution in [2.24, 2.45) is 13.0 Å². The molecule has 1 aliphatic rings. The van der Waals surface area contributed by atoms with Gasteiger partial charge in [-0.3, -0.25) is 9.48 Å². The second-order valence-electron chi connectivity index (χ2n) is 6.66. The minimum absolute atomic E-state index is 0.00247. The molecule has 0 aromatic carbocycles. The van der Waals surface area contributed by atoms with E-state index < -0.39 is 0 Å². The average Bonchev–Trinajstić information content (AvgIpc) is 3.08. The van der Waals surface area contributed by atoms with E-state index in [4.69, 9.17) is 16.9 Å². The molecular weight excluding hydrogens is 352 g/mol. The van der Waals surface area contributed by atoms with E-state index >= 15 is 0 Å². The number of carbonyl (C=O) groups excluding carboxylic acids is 1. The lowest BCUT2D eigenvalue weighted by molar-refractivity contribution is 0.0765. The van der Waals surface area contributed by atoms with E-state index in [-0.39, 0.29) is 5.91 Å². The number of rotatable bonds is 4. The molecule has 136 valence electrons. The van der Waals surface area contributed by atoms with Crippen LogP contribution in [0, 0.1) is 17.2 Å². The third-order valence-electron chi connectivity index (χ3n) is 4.70. The maximum atomic E-state index is 12.4. The smallest absolute Gasteiger partial charge is 0.256 e. The van der Waals surface area contributed by atoms with Crippen LogP contribution in [0.5, 0.6) is 0 Å². The van der Waals surface area contributed by atoms with E-state index in [1.807, 2.05) is 13.1 Å². The molecule has 1 fully saturated rings. The molecule has 1 amide bonds. The highest BCUT2D eigenvalue weighted by Crippen LogP contribution is 2.28. The van der Waals surface area contributed by atoms with Crippen LogP contribution < -0.4 is 4.90 Å². The third kappa shape index (κ3) is 3.97. The van der Waals surface area contributed by atoms with Crippen molar-refractivity contribution >= 4 is 23.3 Å². The van der Waals surface area contributed by atoms with Crippen LogP contribution in [0.3, 0.4) is 0 Å². The summed E-state index contributed by atoms with van der Waals surface area (Å²) in [5, 5.41) is 13.5. The van der Waals surface area contributed by atoms with Gasteiger partial charge >= 0.3 is 0 Å². The number of pyridine rings is 1. The van der Waals surface area contributed by atoms with Gasteiger partial charge in [-0.25, -0.2) is 4.98 Å². The number of nitriles is 1. The highest BCUT2D eigenvalue weighted by molar-refractivity contribution is 6.33. The van der Waals surface area contributed by atoms with E-state index in [1.165, 1.54) is 0 Å². The number of anilines is 1. The van der Waals surface area contributed by atoms with Crippen molar-refractivity contribution in [3.63, 3.8) is 0 Å². The van der Waals surface area contributed by atoms with Crippen molar-refractivity contribution in [3.05, 3.63) is 40.8 Å². The molecule has 0 atom stereocenters. The number of piperidine rings is 1. The number of amides is 1. The van der Waals surface area contributed by atoms with Crippen molar-refractivity contribution in [2.75, 3.05) is 31.6 Å². The molecule has 8 heteroatoms. The highest BCUT2D eigenvalue weighted by atomic mass is 35.5. The van der Waals surface area contributed by atoms with Gasteiger partial charge in [0.15, 0.2) is 0 Å².